The number of rotatable bonds is 4. The first-order valence-corrected chi connectivity index (χ1v) is 7.47. The van der Waals surface area contributed by atoms with E-state index in [1.807, 2.05) is 0 Å². The van der Waals surface area contributed by atoms with E-state index >= 15 is 0 Å². The van der Waals surface area contributed by atoms with Gasteiger partial charge in [0, 0.05) is 17.7 Å². The Morgan fingerprint density at radius 2 is 2.04 bits per heavy atom. The summed E-state index contributed by atoms with van der Waals surface area (Å²) in [5.41, 5.74) is 0.683. The zero-order chi connectivity index (χ0) is 18.0. The molecule has 1 aliphatic rings. The number of nitro benzene ring substituents is 1. The van der Waals surface area contributed by atoms with Gasteiger partial charge in [-0.15, -0.1) is 0 Å². The number of hydrogen-bond donors (Lipinski definition) is 0. The number of halogens is 1. The number of benzene rings is 2. The molecule has 3 rings (SSSR count). The van der Waals surface area contributed by atoms with Gasteiger partial charge in [-0.25, -0.2) is 9.79 Å². The van der Waals surface area contributed by atoms with E-state index in [0.29, 0.717) is 11.3 Å². The number of hydrogen-bond acceptors (Lipinski definition) is 6. The van der Waals surface area contributed by atoms with E-state index in [2.05, 4.69) is 4.99 Å². The summed E-state index contributed by atoms with van der Waals surface area (Å²) < 4.78 is 10.3. The maximum Gasteiger partial charge on any atom is 0.363 e. The molecule has 0 fully saturated rings. The largest absolute Gasteiger partial charge is 0.496 e. The van der Waals surface area contributed by atoms with E-state index < -0.39 is 10.9 Å². The standard InChI is InChI=1S/C17H11ClN2O5/c1-24-15-5-3-2-4-10(15)8-14-17(21)25-16(19-14)12-9-11(20(22)23)6-7-13(12)18/h2-9H,1H3/b14-8+. The number of non-ortho nitro benzene ring substituents is 1. The van der Waals surface area contributed by atoms with Crippen LogP contribution in [0.4, 0.5) is 5.69 Å². The van der Waals surface area contributed by atoms with E-state index in [-0.39, 0.29) is 27.9 Å². The van der Waals surface area contributed by atoms with Crippen LogP contribution in [0.3, 0.4) is 0 Å². The van der Waals surface area contributed by atoms with Crippen molar-refractivity contribution in [2.75, 3.05) is 7.11 Å². The van der Waals surface area contributed by atoms with Crippen molar-refractivity contribution in [1.29, 1.82) is 0 Å². The molecule has 8 heteroatoms. The molecule has 7 nitrogen and oxygen atoms in total. The molecule has 1 aliphatic heterocycles. The second-order valence-corrected chi connectivity index (χ2v) is 5.41. The van der Waals surface area contributed by atoms with Crippen molar-refractivity contribution in [2.45, 2.75) is 0 Å². The third-order valence-corrected chi connectivity index (χ3v) is 3.77. The van der Waals surface area contributed by atoms with Crippen molar-refractivity contribution in [3.63, 3.8) is 0 Å². The predicted octanol–water partition coefficient (Wildman–Crippen LogP) is 3.60. The second-order valence-electron chi connectivity index (χ2n) is 5.00. The van der Waals surface area contributed by atoms with Gasteiger partial charge in [0.2, 0.25) is 5.90 Å². The van der Waals surface area contributed by atoms with Crippen LogP contribution in [-0.2, 0) is 9.53 Å². The van der Waals surface area contributed by atoms with Gasteiger partial charge in [0.15, 0.2) is 5.70 Å². The fourth-order valence-electron chi connectivity index (χ4n) is 2.25. The normalized spacial score (nSPS) is 15.0. The van der Waals surface area contributed by atoms with Gasteiger partial charge >= 0.3 is 5.97 Å². The molecule has 0 radical (unpaired) electrons. The van der Waals surface area contributed by atoms with Crippen molar-refractivity contribution in [3.05, 3.63) is 74.4 Å². The number of para-hydroxylation sites is 1. The molecule has 1 heterocycles. The Morgan fingerprint density at radius 3 is 2.76 bits per heavy atom. The highest BCUT2D eigenvalue weighted by molar-refractivity contribution is 6.34. The Bertz CT molecular complexity index is 936. The minimum atomic E-state index is -0.677. The molecular formula is C17H11ClN2O5. The Hall–Kier alpha value is -3.19. The van der Waals surface area contributed by atoms with Crippen LogP contribution in [0, 0.1) is 10.1 Å². The summed E-state index contributed by atoms with van der Waals surface area (Å²) in [6, 6.07) is 10.9. The van der Waals surface area contributed by atoms with Crippen molar-refractivity contribution in [3.8, 4) is 5.75 Å². The highest BCUT2D eigenvalue weighted by Gasteiger charge is 2.27. The molecule has 0 amide bonds. The third-order valence-electron chi connectivity index (χ3n) is 3.44. The number of nitro groups is 1. The van der Waals surface area contributed by atoms with Crippen molar-refractivity contribution < 1.29 is 19.2 Å². The van der Waals surface area contributed by atoms with Crippen molar-refractivity contribution >= 4 is 35.2 Å². The molecule has 25 heavy (non-hydrogen) atoms. The quantitative estimate of drug-likeness (QED) is 0.360. The van der Waals surface area contributed by atoms with Gasteiger partial charge in [-0.2, -0.15) is 0 Å². The van der Waals surface area contributed by atoms with Crippen molar-refractivity contribution in [1.82, 2.24) is 0 Å². The molecule has 0 saturated heterocycles. The van der Waals surface area contributed by atoms with Gasteiger partial charge in [-0.3, -0.25) is 10.1 Å². The van der Waals surface area contributed by atoms with Gasteiger partial charge in [0.1, 0.15) is 5.75 Å². The first kappa shape index (κ1) is 16.7. The minimum Gasteiger partial charge on any atom is -0.496 e. The topological polar surface area (TPSA) is 91.0 Å². The van der Waals surface area contributed by atoms with Crippen LogP contribution in [0.15, 0.2) is 53.2 Å². The highest BCUT2D eigenvalue weighted by atomic mass is 35.5. The molecule has 126 valence electrons. The molecule has 0 bridgehead atoms. The highest BCUT2D eigenvalue weighted by Crippen LogP contribution is 2.28. The average molecular weight is 359 g/mol. The van der Waals surface area contributed by atoms with E-state index in [4.69, 9.17) is 21.1 Å². The van der Waals surface area contributed by atoms with Crippen LogP contribution in [0.25, 0.3) is 6.08 Å². The lowest BCUT2D eigenvalue weighted by molar-refractivity contribution is -0.384. The summed E-state index contributed by atoms with van der Waals surface area (Å²) in [7, 11) is 1.52. The Balaban J connectivity index is 2.02. The summed E-state index contributed by atoms with van der Waals surface area (Å²) >= 11 is 6.05. The Kier molecular flexibility index (Phi) is 4.49. The smallest absolute Gasteiger partial charge is 0.363 e. The lowest BCUT2D eigenvalue weighted by Gasteiger charge is -2.03. The molecule has 0 N–H and O–H groups in total. The number of nitrogens with zero attached hydrogens (tertiary/aromatic N) is 2. The van der Waals surface area contributed by atoms with Gasteiger partial charge in [-0.05, 0) is 18.2 Å². The molecule has 0 saturated carbocycles. The van der Waals surface area contributed by atoms with Crippen LogP contribution >= 0.6 is 11.6 Å². The summed E-state index contributed by atoms with van der Waals surface area (Å²) in [6.45, 7) is 0. The number of ether oxygens (including phenoxy) is 2. The molecule has 2 aromatic carbocycles. The number of methoxy groups -OCH3 is 1. The fraction of sp³-hybridized carbons (Fsp3) is 0.0588. The van der Waals surface area contributed by atoms with E-state index in [1.165, 1.54) is 31.4 Å². The SMILES string of the molecule is COc1ccccc1/C=C1/N=C(c2cc([N+](=O)[O-])ccc2Cl)OC1=O. The zero-order valence-electron chi connectivity index (χ0n) is 12.9. The first-order valence-electron chi connectivity index (χ1n) is 7.09. The Morgan fingerprint density at radius 1 is 1.28 bits per heavy atom. The molecule has 0 aliphatic carbocycles. The van der Waals surface area contributed by atoms with Gasteiger partial charge in [0.05, 0.1) is 22.6 Å². The number of carbonyl (C=O) groups is 1. The number of cyclic esters (lactones) is 1. The molecule has 0 spiro atoms. The zero-order valence-corrected chi connectivity index (χ0v) is 13.7. The maximum absolute atomic E-state index is 12.1. The molecule has 2 aromatic rings. The molecule has 0 aromatic heterocycles. The fourth-order valence-corrected chi connectivity index (χ4v) is 2.45. The Labute approximate surface area is 147 Å². The van der Waals surface area contributed by atoms with Gasteiger partial charge in [0.25, 0.3) is 5.69 Å². The van der Waals surface area contributed by atoms with Crippen LogP contribution < -0.4 is 4.74 Å². The van der Waals surface area contributed by atoms with Crippen molar-refractivity contribution in [2.24, 2.45) is 4.99 Å². The van der Waals surface area contributed by atoms with Gasteiger partial charge in [-0.1, -0.05) is 29.8 Å². The first-order chi connectivity index (χ1) is 12.0. The monoisotopic (exact) mass is 358 g/mol. The van der Waals surface area contributed by atoms with E-state index in [1.54, 1.807) is 24.3 Å². The number of aliphatic imine (C=N–C) groups is 1. The number of carbonyl (C=O) groups excluding carboxylic acids is 1. The van der Waals surface area contributed by atoms with Crippen LogP contribution in [-0.4, -0.2) is 23.9 Å². The van der Waals surface area contributed by atoms with E-state index in [9.17, 15) is 14.9 Å². The summed E-state index contributed by atoms with van der Waals surface area (Å²) in [5.74, 6) is -0.192. The van der Waals surface area contributed by atoms with Gasteiger partial charge < -0.3 is 9.47 Å². The third kappa shape index (κ3) is 3.36. The summed E-state index contributed by atoms with van der Waals surface area (Å²) in [4.78, 5) is 26.5. The lowest BCUT2D eigenvalue weighted by atomic mass is 10.1. The second kappa shape index (κ2) is 6.74. The van der Waals surface area contributed by atoms with Crippen LogP contribution in [0.2, 0.25) is 5.02 Å². The van der Waals surface area contributed by atoms with Crippen LogP contribution in [0.5, 0.6) is 5.75 Å². The molecular weight excluding hydrogens is 348 g/mol. The predicted molar refractivity (Wildman–Crippen MR) is 91.7 cm³/mol. The summed E-state index contributed by atoms with van der Waals surface area (Å²) in [6.07, 6.45) is 1.51. The number of esters is 1. The molecule has 0 atom stereocenters. The molecule has 0 unspecified atom stereocenters. The van der Waals surface area contributed by atoms with Crippen LogP contribution in [0.1, 0.15) is 11.1 Å². The lowest BCUT2D eigenvalue weighted by Crippen LogP contribution is -2.06. The average Bonchev–Trinajstić information content (AvgIpc) is 2.96. The minimum absolute atomic E-state index is 0.0436. The maximum atomic E-state index is 12.1. The summed E-state index contributed by atoms with van der Waals surface area (Å²) in [5, 5.41) is 11.1. The van der Waals surface area contributed by atoms with E-state index in [0.717, 1.165) is 0 Å².